The molecule has 8 nitrogen and oxygen atoms in total. The highest BCUT2D eigenvalue weighted by Crippen LogP contribution is 2.26. The summed E-state index contributed by atoms with van der Waals surface area (Å²) in [5.41, 5.74) is 0.470. The molecule has 0 radical (unpaired) electrons. The van der Waals surface area contributed by atoms with Crippen molar-refractivity contribution in [2.45, 2.75) is 44.9 Å². The van der Waals surface area contributed by atoms with Gasteiger partial charge in [-0.25, -0.2) is 8.42 Å². The van der Waals surface area contributed by atoms with Crippen molar-refractivity contribution >= 4 is 38.2 Å². The number of aromatic nitrogens is 2. The van der Waals surface area contributed by atoms with Gasteiger partial charge in [0.1, 0.15) is 5.01 Å². The molecule has 0 spiro atoms. The van der Waals surface area contributed by atoms with Crippen LogP contribution in [0.2, 0.25) is 0 Å². The summed E-state index contributed by atoms with van der Waals surface area (Å²) < 4.78 is 27.1. The SMILES string of the molecule is CC(=O)c1ccc(S(=O)(=O)N2CCC(C(=O)Nc3nnc(CC(C)C)s3)CC2)cc1. The summed E-state index contributed by atoms with van der Waals surface area (Å²) in [6.45, 7) is 6.16. The monoisotopic (exact) mass is 450 g/mol. The van der Waals surface area contributed by atoms with E-state index in [4.69, 9.17) is 0 Å². The Balaban J connectivity index is 1.57. The first-order valence-corrected chi connectivity index (χ1v) is 12.2. The van der Waals surface area contributed by atoms with Gasteiger partial charge in [-0.1, -0.05) is 37.3 Å². The van der Waals surface area contributed by atoms with Crippen molar-refractivity contribution in [3.05, 3.63) is 34.8 Å². The molecule has 0 saturated carbocycles. The fourth-order valence-electron chi connectivity index (χ4n) is 3.31. The predicted molar refractivity (Wildman–Crippen MR) is 115 cm³/mol. The van der Waals surface area contributed by atoms with Crippen molar-refractivity contribution in [2.75, 3.05) is 18.4 Å². The van der Waals surface area contributed by atoms with Crippen LogP contribution < -0.4 is 5.32 Å². The van der Waals surface area contributed by atoms with Crippen molar-refractivity contribution in [2.24, 2.45) is 11.8 Å². The molecule has 1 aliphatic heterocycles. The first-order chi connectivity index (χ1) is 14.2. The highest BCUT2D eigenvalue weighted by molar-refractivity contribution is 7.89. The van der Waals surface area contributed by atoms with E-state index < -0.39 is 10.0 Å². The number of ketones is 1. The van der Waals surface area contributed by atoms with Crippen LogP contribution in [0.25, 0.3) is 0 Å². The Morgan fingerprint density at radius 1 is 1.17 bits per heavy atom. The van der Waals surface area contributed by atoms with Gasteiger partial charge in [0.2, 0.25) is 21.1 Å². The quantitative estimate of drug-likeness (QED) is 0.650. The zero-order valence-electron chi connectivity index (χ0n) is 17.3. The molecule has 162 valence electrons. The third-order valence-corrected chi connectivity index (χ3v) is 7.78. The molecule has 10 heteroatoms. The fraction of sp³-hybridized carbons (Fsp3) is 0.500. The van der Waals surface area contributed by atoms with Gasteiger partial charge in [-0.05, 0) is 37.8 Å². The lowest BCUT2D eigenvalue weighted by Gasteiger charge is -2.30. The predicted octanol–water partition coefficient (Wildman–Crippen LogP) is 2.98. The number of hydrogen-bond acceptors (Lipinski definition) is 7. The van der Waals surface area contributed by atoms with E-state index in [2.05, 4.69) is 29.4 Å². The van der Waals surface area contributed by atoms with Crippen LogP contribution in [0.4, 0.5) is 5.13 Å². The molecule has 3 rings (SSSR count). The number of amides is 1. The maximum Gasteiger partial charge on any atom is 0.243 e. The van der Waals surface area contributed by atoms with Crippen LogP contribution in [-0.4, -0.2) is 47.7 Å². The molecule has 2 aromatic rings. The molecule has 1 saturated heterocycles. The highest BCUT2D eigenvalue weighted by atomic mass is 32.2. The van der Waals surface area contributed by atoms with Crippen LogP contribution >= 0.6 is 11.3 Å². The van der Waals surface area contributed by atoms with Gasteiger partial charge in [-0.2, -0.15) is 4.31 Å². The Hall–Kier alpha value is -2.17. The number of sulfonamides is 1. The second-order valence-corrected chi connectivity index (χ2v) is 10.8. The number of rotatable bonds is 7. The molecule has 1 amide bonds. The number of anilines is 1. The molecule has 30 heavy (non-hydrogen) atoms. The van der Waals surface area contributed by atoms with Crippen LogP contribution in [0, 0.1) is 11.8 Å². The minimum Gasteiger partial charge on any atom is -0.300 e. The summed E-state index contributed by atoms with van der Waals surface area (Å²) in [6.07, 6.45) is 1.69. The average Bonchev–Trinajstić information content (AvgIpc) is 3.14. The van der Waals surface area contributed by atoms with Gasteiger partial charge in [0.05, 0.1) is 4.90 Å². The van der Waals surface area contributed by atoms with Crippen molar-refractivity contribution in [1.29, 1.82) is 0 Å². The van der Waals surface area contributed by atoms with Crippen LogP contribution in [0.3, 0.4) is 0 Å². The maximum absolute atomic E-state index is 12.9. The van der Waals surface area contributed by atoms with Crippen molar-refractivity contribution in [3.63, 3.8) is 0 Å². The van der Waals surface area contributed by atoms with Crippen LogP contribution in [0.5, 0.6) is 0 Å². The molecule has 1 aliphatic rings. The van der Waals surface area contributed by atoms with E-state index in [9.17, 15) is 18.0 Å². The number of piperidine rings is 1. The number of nitrogens with zero attached hydrogens (tertiary/aromatic N) is 3. The summed E-state index contributed by atoms with van der Waals surface area (Å²) in [5.74, 6) is -0.0666. The van der Waals surface area contributed by atoms with Crippen LogP contribution in [0.15, 0.2) is 29.2 Å². The molecular weight excluding hydrogens is 424 g/mol. The number of nitrogens with one attached hydrogen (secondary N) is 1. The van der Waals surface area contributed by atoms with Gasteiger partial charge in [0.15, 0.2) is 5.78 Å². The first-order valence-electron chi connectivity index (χ1n) is 9.91. The Morgan fingerprint density at radius 3 is 2.37 bits per heavy atom. The van der Waals surface area contributed by atoms with E-state index in [-0.39, 0.29) is 35.6 Å². The fourth-order valence-corrected chi connectivity index (χ4v) is 5.74. The molecule has 0 atom stereocenters. The van der Waals surface area contributed by atoms with Gasteiger partial charge < -0.3 is 5.32 Å². The minimum atomic E-state index is -3.65. The molecule has 1 N–H and O–H groups in total. The second-order valence-electron chi connectivity index (χ2n) is 7.85. The summed E-state index contributed by atoms with van der Waals surface area (Å²) in [4.78, 5) is 24.1. The van der Waals surface area contributed by atoms with Gasteiger partial charge in [0.25, 0.3) is 0 Å². The van der Waals surface area contributed by atoms with Gasteiger partial charge in [0, 0.05) is 31.0 Å². The zero-order chi connectivity index (χ0) is 21.9. The average molecular weight is 451 g/mol. The van der Waals surface area contributed by atoms with Gasteiger partial charge in [-0.15, -0.1) is 10.2 Å². The largest absolute Gasteiger partial charge is 0.300 e. The normalized spacial score (nSPS) is 16.0. The Kier molecular flexibility index (Phi) is 6.99. The molecule has 0 bridgehead atoms. The molecule has 1 aromatic carbocycles. The number of benzene rings is 1. The Bertz CT molecular complexity index is 1010. The third kappa shape index (κ3) is 5.30. The van der Waals surface area contributed by atoms with Crippen molar-refractivity contribution in [1.82, 2.24) is 14.5 Å². The van der Waals surface area contributed by atoms with Crippen LogP contribution in [-0.2, 0) is 21.2 Å². The zero-order valence-corrected chi connectivity index (χ0v) is 18.9. The highest BCUT2D eigenvalue weighted by Gasteiger charge is 2.32. The molecular formula is C20H26N4O4S2. The van der Waals surface area contributed by atoms with E-state index in [1.54, 1.807) is 0 Å². The van der Waals surface area contributed by atoms with Crippen molar-refractivity contribution in [3.8, 4) is 0 Å². The van der Waals surface area contributed by atoms with E-state index in [0.29, 0.717) is 29.5 Å². The number of hydrogen-bond donors (Lipinski definition) is 1. The smallest absolute Gasteiger partial charge is 0.243 e. The van der Waals surface area contributed by atoms with Crippen molar-refractivity contribution < 1.29 is 18.0 Å². The maximum atomic E-state index is 12.9. The van der Waals surface area contributed by atoms with E-state index in [0.717, 1.165) is 11.4 Å². The number of carbonyl (C=O) groups is 2. The lowest BCUT2D eigenvalue weighted by Crippen LogP contribution is -2.41. The molecule has 0 aliphatic carbocycles. The van der Waals surface area contributed by atoms with E-state index >= 15 is 0 Å². The summed E-state index contributed by atoms with van der Waals surface area (Å²) in [7, 11) is -3.65. The van der Waals surface area contributed by atoms with E-state index in [1.165, 1.54) is 46.8 Å². The second kappa shape index (κ2) is 9.32. The third-order valence-electron chi connectivity index (χ3n) is 5.00. The lowest BCUT2D eigenvalue weighted by molar-refractivity contribution is -0.120. The number of carbonyl (C=O) groups excluding carboxylic acids is 2. The van der Waals surface area contributed by atoms with Gasteiger partial charge in [-0.3, -0.25) is 9.59 Å². The lowest BCUT2D eigenvalue weighted by atomic mass is 9.97. The minimum absolute atomic E-state index is 0.113. The van der Waals surface area contributed by atoms with Crippen LogP contribution in [0.1, 0.15) is 49.0 Å². The number of Topliss-reactive ketones (excluding diaryl/α,β-unsaturated/α-hetero) is 1. The molecule has 2 heterocycles. The topological polar surface area (TPSA) is 109 Å². The molecule has 1 fully saturated rings. The molecule has 1 aromatic heterocycles. The van der Waals surface area contributed by atoms with Gasteiger partial charge >= 0.3 is 0 Å². The summed E-state index contributed by atoms with van der Waals surface area (Å²) in [6, 6.07) is 5.94. The summed E-state index contributed by atoms with van der Waals surface area (Å²) >= 11 is 1.37. The Morgan fingerprint density at radius 2 is 1.80 bits per heavy atom. The molecule has 0 unspecified atom stereocenters. The first kappa shape index (κ1) is 22.5. The Labute approximate surface area is 180 Å². The summed E-state index contributed by atoms with van der Waals surface area (Å²) in [5, 5.41) is 12.3. The van der Waals surface area contributed by atoms with E-state index in [1.807, 2.05) is 0 Å². The standard InChI is InChI=1S/C20H26N4O4S2/c1-13(2)12-18-22-23-20(29-18)21-19(26)16-8-10-24(11-9-16)30(27,28)17-6-4-15(5-7-17)14(3)25/h4-7,13,16H,8-12H2,1-3H3,(H,21,23,26).